The first-order chi connectivity index (χ1) is 6.38. The highest BCUT2D eigenvalue weighted by Crippen LogP contribution is 2.14. The van der Waals surface area contributed by atoms with Crippen LogP contribution in [0.2, 0.25) is 0 Å². The molecule has 0 spiro atoms. The molecule has 78 valence electrons. The van der Waals surface area contributed by atoms with Crippen molar-refractivity contribution in [3.63, 3.8) is 0 Å². The van der Waals surface area contributed by atoms with Crippen molar-refractivity contribution in [2.75, 3.05) is 24.1 Å². The van der Waals surface area contributed by atoms with Gasteiger partial charge in [0.25, 0.3) is 0 Å². The molecule has 0 bridgehead atoms. The van der Waals surface area contributed by atoms with E-state index in [1.165, 1.54) is 6.26 Å². The Morgan fingerprint density at radius 2 is 2.00 bits per heavy atom. The van der Waals surface area contributed by atoms with Crippen LogP contribution in [-0.4, -0.2) is 27.6 Å². The summed E-state index contributed by atoms with van der Waals surface area (Å²) in [5.74, 6) is 0.0520. The summed E-state index contributed by atoms with van der Waals surface area (Å²) in [4.78, 5) is 1.72. The summed E-state index contributed by atoms with van der Waals surface area (Å²) in [5.41, 5.74) is 2.05. The van der Waals surface area contributed by atoms with E-state index in [0.29, 0.717) is 0 Å². The molecule has 0 aliphatic carbocycles. The van der Waals surface area contributed by atoms with Crippen LogP contribution < -0.4 is 4.90 Å². The van der Waals surface area contributed by atoms with E-state index < -0.39 is 9.84 Å². The smallest absolute Gasteiger partial charge is 0.165 e. The molecule has 0 heterocycles. The molecule has 0 fully saturated rings. The minimum absolute atomic E-state index is 0.0520. The van der Waals surface area contributed by atoms with E-state index in [1.807, 2.05) is 31.2 Å². The molecule has 0 radical (unpaired) electrons. The molecule has 0 aromatic heterocycles. The number of hydrogen-bond acceptors (Lipinski definition) is 3. The van der Waals surface area contributed by atoms with Gasteiger partial charge in [-0.05, 0) is 24.6 Å². The third-order valence-corrected chi connectivity index (χ3v) is 2.73. The van der Waals surface area contributed by atoms with Crippen LogP contribution in [0.5, 0.6) is 0 Å². The number of hydrogen-bond donors (Lipinski definition) is 0. The fourth-order valence-corrected chi connectivity index (χ4v) is 2.14. The minimum atomic E-state index is -2.96. The van der Waals surface area contributed by atoms with Crippen LogP contribution in [-0.2, 0) is 9.84 Å². The number of benzene rings is 1. The number of rotatable bonds is 3. The van der Waals surface area contributed by atoms with Crippen molar-refractivity contribution in [2.24, 2.45) is 0 Å². The zero-order chi connectivity index (χ0) is 10.8. The minimum Gasteiger partial charge on any atom is -0.361 e. The molecule has 1 aromatic carbocycles. The molecule has 0 N–H and O–H groups in total. The molecule has 4 heteroatoms. The van der Waals surface area contributed by atoms with Crippen molar-refractivity contribution >= 4 is 15.5 Å². The molecule has 0 saturated carbocycles. The van der Waals surface area contributed by atoms with Crippen LogP contribution in [0.15, 0.2) is 24.3 Å². The molecule has 0 atom stereocenters. The van der Waals surface area contributed by atoms with Crippen molar-refractivity contribution in [3.05, 3.63) is 29.8 Å². The van der Waals surface area contributed by atoms with E-state index in [2.05, 4.69) is 0 Å². The zero-order valence-electron chi connectivity index (χ0n) is 8.69. The van der Waals surface area contributed by atoms with Crippen LogP contribution in [0, 0.1) is 6.92 Å². The van der Waals surface area contributed by atoms with Crippen LogP contribution in [0.4, 0.5) is 5.69 Å². The molecule has 0 aliphatic heterocycles. The summed E-state index contributed by atoms with van der Waals surface area (Å²) >= 11 is 0. The van der Waals surface area contributed by atoms with Crippen LogP contribution >= 0.6 is 0 Å². The van der Waals surface area contributed by atoms with Gasteiger partial charge in [-0.3, -0.25) is 0 Å². The van der Waals surface area contributed by atoms with Crippen LogP contribution in [0.1, 0.15) is 5.56 Å². The van der Waals surface area contributed by atoms with E-state index >= 15 is 0 Å². The summed E-state index contributed by atoms with van der Waals surface area (Å²) in [5, 5.41) is 0. The van der Waals surface area contributed by atoms with Crippen LogP contribution in [0.3, 0.4) is 0 Å². The van der Waals surface area contributed by atoms with Crippen LogP contribution in [0.25, 0.3) is 0 Å². The maximum atomic E-state index is 11.1. The van der Waals surface area contributed by atoms with Crippen molar-refractivity contribution in [2.45, 2.75) is 6.92 Å². The molecular formula is C10H15NO2S. The number of nitrogens with zero attached hydrogens (tertiary/aromatic N) is 1. The molecule has 0 unspecified atom stereocenters. The van der Waals surface area contributed by atoms with Gasteiger partial charge in [-0.1, -0.05) is 12.1 Å². The third kappa shape index (κ3) is 3.38. The molecular weight excluding hydrogens is 198 g/mol. The topological polar surface area (TPSA) is 37.4 Å². The van der Waals surface area contributed by atoms with Gasteiger partial charge in [0.2, 0.25) is 0 Å². The summed E-state index contributed by atoms with van der Waals surface area (Å²) in [7, 11) is -1.18. The lowest BCUT2D eigenvalue weighted by Crippen LogP contribution is -2.24. The van der Waals surface area contributed by atoms with Crippen molar-refractivity contribution in [1.29, 1.82) is 0 Å². The zero-order valence-corrected chi connectivity index (χ0v) is 9.50. The van der Waals surface area contributed by atoms with Gasteiger partial charge in [-0.2, -0.15) is 0 Å². The Balaban J connectivity index is 2.85. The second-order valence-corrected chi connectivity index (χ2v) is 5.70. The number of sulfone groups is 1. The van der Waals surface area contributed by atoms with E-state index in [4.69, 9.17) is 0 Å². The fraction of sp³-hybridized carbons (Fsp3) is 0.400. The molecule has 1 rings (SSSR count). The molecule has 1 aromatic rings. The van der Waals surface area contributed by atoms with Gasteiger partial charge in [-0.25, -0.2) is 8.42 Å². The van der Waals surface area contributed by atoms with Crippen molar-refractivity contribution < 1.29 is 8.42 Å². The molecule has 14 heavy (non-hydrogen) atoms. The first kappa shape index (κ1) is 11.0. The summed E-state index contributed by atoms with van der Waals surface area (Å²) in [6.45, 7) is 1.98. The second kappa shape index (κ2) is 4.00. The Bertz CT molecular complexity index is 412. The van der Waals surface area contributed by atoms with E-state index in [0.717, 1.165) is 11.3 Å². The Morgan fingerprint density at radius 3 is 2.50 bits per heavy atom. The maximum Gasteiger partial charge on any atom is 0.165 e. The Morgan fingerprint density at radius 1 is 1.36 bits per heavy atom. The largest absolute Gasteiger partial charge is 0.361 e. The van der Waals surface area contributed by atoms with Crippen molar-refractivity contribution in [3.8, 4) is 0 Å². The Labute approximate surface area is 85.3 Å². The highest BCUT2D eigenvalue weighted by Gasteiger charge is 2.07. The van der Waals surface area contributed by atoms with E-state index in [1.54, 1.807) is 11.9 Å². The molecule has 0 saturated heterocycles. The quantitative estimate of drug-likeness (QED) is 0.762. The Kier molecular flexibility index (Phi) is 3.16. The van der Waals surface area contributed by atoms with Gasteiger partial charge in [0.05, 0.1) is 0 Å². The lowest BCUT2D eigenvalue weighted by Gasteiger charge is -2.18. The highest BCUT2D eigenvalue weighted by atomic mass is 32.2. The average Bonchev–Trinajstić information content (AvgIpc) is 2.01. The Hall–Kier alpha value is -1.03. The van der Waals surface area contributed by atoms with Gasteiger partial charge in [0.15, 0.2) is 9.84 Å². The van der Waals surface area contributed by atoms with Gasteiger partial charge in [0.1, 0.15) is 5.88 Å². The fourth-order valence-electron chi connectivity index (χ4n) is 1.29. The van der Waals surface area contributed by atoms with Gasteiger partial charge in [-0.15, -0.1) is 0 Å². The highest BCUT2D eigenvalue weighted by molar-refractivity contribution is 7.90. The second-order valence-electron chi connectivity index (χ2n) is 3.59. The first-order valence-corrected chi connectivity index (χ1v) is 6.40. The maximum absolute atomic E-state index is 11.1. The number of aryl methyl sites for hydroxylation is 1. The predicted molar refractivity (Wildman–Crippen MR) is 59.3 cm³/mol. The lowest BCUT2D eigenvalue weighted by molar-refractivity contribution is 0.601. The van der Waals surface area contributed by atoms with Gasteiger partial charge < -0.3 is 4.90 Å². The molecule has 3 nitrogen and oxygen atoms in total. The summed E-state index contributed by atoms with van der Waals surface area (Å²) in [6, 6.07) is 7.77. The normalized spacial score (nSPS) is 11.4. The summed E-state index contributed by atoms with van der Waals surface area (Å²) < 4.78 is 22.1. The number of anilines is 1. The van der Waals surface area contributed by atoms with E-state index in [9.17, 15) is 8.42 Å². The lowest BCUT2D eigenvalue weighted by atomic mass is 10.2. The van der Waals surface area contributed by atoms with Gasteiger partial charge in [0, 0.05) is 19.0 Å². The monoisotopic (exact) mass is 213 g/mol. The average molecular weight is 213 g/mol. The predicted octanol–water partition coefficient (Wildman–Crippen LogP) is 1.43. The SMILES string of the molecule is Cc1cccc(N(C)CS(C)(=O)=O)c1. The third-order valence-electron chi connectivity index (χ3n) is 1.87. The van der Waals surface area contributed by atoms with Gasteiger partial charge >= 0.3 is 0 Å². The standard InChI is InChI=1S/C10H15NO2S/c1-9-5-4-6-10(7-9)11(2)8-14(3,12)13/h4-7H,8H2,1-3H3. The summed E-state index contributed by atoms with van der Waals surface area (Å²) in [6.07, 6.45) is 1.24. The first-order valence-electron chi connectivity index (χ1n) is 4.34. The van der Waals surface area contributed by atoms with Crippen molar-refractivity contribution in [1.82, 2.24) is 0 Å². The van der Waals surface area contributed by atoms with E-state index in [-0.39, 0.29) is 5.88 Å². The molecule has 0 amide bonds. The molecule has 0 aliphatic rings.